The predicted molar refractivity (Wildman–Crippen MR) is 70.9 cm³/mol. The number of nitrogens with one attached hydrogen (secondary N) is 1. The van der Waals surface area contributed by atoms with E-state index in [0.717, 1.165) is 18.5 Å². The van der Waals surface area contributed by atoms with Crippen LogP contribution in [0.2, 0.25) is 0 Å². The third-order valence-corrected chi connectivity index (χ3v) is 3.51. The highest BCUT2D eigenvalue weighted by molar-refractivity contribution is 5.49. The Morgan fingerprint density at radius 1 is 1.12 bits per heavy atom. The standard InChI is InChI=1S/C15H20N2/c1-11-7-12(2)9-14(8-11)17-15-6-4-3-5-13(15)10-16/h7-9,13,15,17H,3-6H2,1-2H3. The van der Waals surface area contributed by atoms with Crippen LogP contribution in [-0.4, -0.2) is 6.04 Å². The van der Waals surface area contributed by atoms with Crippen molar-refractivity contribution in [1.82, 2.24) is 0 Å². The van der Waals surface area contributed by atoms with Gasteiger partial charge in [-0.25, -0.2) is 0 Å². The summed E-state index contributed by atoms with van der Waals surface area (Å²) in [7, 11) is 0. The van der Waals surface area contributed by atoms with Gasteiger partial charge in [0.2, 0.25) is 0 Å². The lowest BCUT2D eigenvalue weighted by Crippen LogP contribution is -2.31. The van der Waals surface area contributed by atoms with E-state index in [1.165, 1.54) is 24.0 Å². The van der Waals surface area contributed by atoms with Crippen LogP contribution in [0.1, 0.15) is 36.8 Å². The molecule has 2 unspecified atom stereocenters. The van der Waals surface area contributed by atoms with Gasteiger partial charge in [-0.2, -0.15) is 5.26 Å². The van der Waals surface area contributed by atoms with Gasteiger partial charge >= 0.3 is 0 Å². The van der Waals surface area contributed by atoms with Crippen molar-refractivity contribution < 1.29 is 0 Å². The maximum absolute atomic E-state index is 9.16. The van der Waals surface area contributed by atoms with E-state index in [9.17, 15) is 0 Å². The Morgan fingerprint density at radius 3 is 2.41 bits per heavy atom. The van der Waals surface area contributed by atoms with Crippen molar-refractivity contribution in [2.75, 3.05) is 5.32 Å². The Balaban J connectivity index is 2.11. The van der Waals surface area contributed by atoms with Crippen molar-refractivity contribution >= 4 is 5.69 Å². The topological polar surface area (TPSA) is 35.8 Å². The van der Waals surface area contributed by atoms with Crippen molar-refractivity contribution in [3.8, 4) is 6.07 Å². The van der Waals surface area contributed by atoms with Crippen LogP contribution in [0.3, 0.4) is 0 Å². The van der Waals surface area contributed by atoms with Crippen LogP contribution in [0.15, 0.2) is 18.2 Å². The summed E-state index contributed by atoms with van der Waals surface area (Å²) >= 11 is 0. The Labute approximate surface area is 104 Å². The molecule has 1 aromatic rings. The molecule has 90 valence electrons. The van der Waals surface area contributed by atoms with Crippen LogP contribution in [-0.2, 0) is 0 Å². The molecular formula is C15H20N2. The van der Waals surface area contributed by atoms with Crippen LogP contribution >= 0.6 is 0 Å². The first-order chi connectivity index (χ1) is 8.19. The third-order valence-electron chi connectivity index (χ3n) is 3.51. The highest BCUT2D eigenvalue weighted by Crippen LogP contribution is 2.27. The second-order valence-corrected chi connectivity index (χ2v) is 5.15. The van der Waals surface area contributed by atoms with E-state index in [1.807, 2.05) is 0 Å². The van der Waals surface area contributed by atoms with Crippen LogP contribution < -0.4 is 5.32 Å². The molecule has 0 spiro atoms. The third kappa shape index (κ3) is 3.00. The average molecular weight is 228 g/mol. The van der Waals surface area contributed by atoms with Gasteiger partial charge in [-0.3, -0.25) is 0 Å². The Hall–Kier alpha value is -1.49. The fourth-order valence-corrected chi connectivity index (χ4v) is 2.73. The SMILES string of the molecule is Cc1cc(C)cc(NC2CCCCC2C#N)c1. The molecule has 1 N–H and O–H groups in total. The first kappa shape index (κ1) is 12.0. The second kappa shape index (κ2) is 5.23. The molecule has 2 nitrogen and oxygen atoms in total. The molecule has 1 aliphatic carbocycles. The van der Waals surface area contributed by atoms with Crippen molar-refractivity contribution in [1.29, 1.82) is 5.26 Å². The summed E-state index contributed by atoms with van der Waals surface area (Å²) in [6.45, 7) is 4.22. The lowest BCUT2D eigenvalue weighted by molar-refractivity contribution is 0.389. The summed E-state index contributed by atoms with van der Waals surface area (Å²) < 4.78 is 0. The molecule has 1 saturated carbocycles. The van der Waals surface area contributed by atoms with Crippen LogP contribution in [0.25, 0.3) is 0 Å². The van der Waals surface area contributed by atoms with Gasteiger partial charge < -0.3 is 5.32 Å². The van der Waals surface area contributed by atoms with Crippen molar-refractivity contribution in [2.45, 2.75) is 45.6 Å². The normalized spacial score (nSPS) is 24.1. The quantitative estimate of drug-likeness (QED) is 0.835. The number of nitrogens with zero attached hydrogens (tertiary/aromatic N) is 1. The number of hydrogen-bond donors (Lipinski definition) is 1. The minimum atomic E-state index is 0.171. The van der Waals surface area contributed by atoms with Gasteiger partial charge in [0, 0.05) is 11.7 Å². The van der Waals surface area contributed by atoms with E-state index in [1.54, 1.807) is 0 Å². The van der Waals surface area contributed by atoms with Gasteiger partial charge in [0.15, 0.2) is 0 Å². The number of hydrogen-bond acceptors (Lipinski definition) is 2. The zero-order chi connectivity index (χ0) is 12.3. The summed E-state index contributed by atoms with van der Waals surface area (Å²) in [6.07, 6.45) is 4.59. The summed E-state index contributed by atoms with van der Waals surface area (Å²) in [4.78, 5) is 0. The molecule has 0 aliphatic heterocycles. The lowest BCUT2D eigenvalue weighted by atomic mass is 9.85. The van der Waals surface area contributed by atoms with E-state index in [0.29, 0.717) is 6.04 Å². The van der Waals surface area contributed by atoms with Gasteiger partial charge in [0.05, 0.1) is 12.0 Å². The average Bonchev–Trinajstić information content (AvgIpc) is 2.28. The zero-order valence-electron chi connectivity index (χ0n) is 10.7. The number of aryl methyl sites for hydroxylation is 2. The van der Waals surface area contributed by atoms with Gasteiger partial charge in [-0.05, 0) is 49.9 Å². The Kier molecular flexibility index (Phi) is 3.68. The molecule has 0 aromatic heterocycles. The van der Waals surface area contributed by atoms with E-state index < -0.39 is 0 Å². The van der Waals surface area contributed by atoms with E-state index in [-0.39, 0.29) is 5.92 Å². The molecule has 0 amide bonds. The summed E-state index contributed by atoms with van der Waals surface area (Å²) in [5, 5.41) is 12.7. The van der Waals surface area contributed by atoms with Crippen LogP contribution in [0.4, 0.5) is 5.69 Å². The highest BCUT2D eigenvalue weighted by Gasteiger charge is 2.24. The number of anilines is 1. The first-order valence-electron chi connectivity index (χ1n) is 6.43. The summed E-state index contributed by atoms with van der Waals surface area (Å²) in [5.74, 6) is 0.171. The smallest absolute Gasteiger partial charge is 0.0677 e. The zero-order valence-corrected chi connectivity index (χ0v) is 10.7. The van der Waals surface area contributed by atoms with Gasteiger partial charge in [0.1, 0.15) is 0 Å². The molecule has 2 atom stereocenters. The van der Waals surface area contributed by atoms with Crippen molar-refractivity contribution in [3.05, 3.63) is 29.3 Å². The van der Waals surface area contributed by atoms with Gasteiger partial charge in [0.25, 0.3) is 0 Å². The largest absolute Gasteiger partial charge is 0.381 e. The molecule has 2 rings (SSSR count). The van der Waals surface area contributed by atoms with E-state index >= 15 is 0 Å². The molecule has 1 aromatic carbocycles. The lowest BCUT2D eigenvalue weighted by Gasteiger charge is -2.28. The maximum atomic E-state index is 9.16. The van der Waals surface area contributed by atoms with E-state index in [4.69, 9.17) is 5.26 Å². The fraction of sp³-hybridized carbons (Fsp3) is 0.533. The number of rotatable bonds is 2. The van der Waals surface area contributed by atoms with Gasteiger partial charge in [-0.15, -0.1) is 0 Å². The van der Waals surface area contributed by atoms with Gasteiger partial charge in [-0.1, -0.05) is 18.9 Å². The minimum Gasteiger partial charge on any atom is -0.381 e. The molecular weight excluding hydrogens is 208 g/mol. The molecule has 0 bridgehead atoms. The number of benzene rings is 1. The monoisotopic (exact) mass is 228 g/mol. The molecule has 0 saturated heterocycles. The minimum absolute atomic E-state index is 0.171. The second-order valence-electron chi connectivity index (χ2n) is 5.15. The molecule has 1 fully saturated rings. The first-order valence-corrected chi connectivity index (χ1v) is 6.43. The molecule has 1 aliphatic rings. The molecule has 17 heavy (non-hydrogen) atoms. The summed E-state index contributed by atoms with van der Waals surface area (Å²) in [6, 6.07) is 9.27. The molecule has 0 radical (unpaired) electrons. The van der Waals surface area contributed by atoms with Crippen LogP contribution in [0.5, 0.6) is 0 Å². The molecule has 2 heteroatoms. The fourth-order valence-electron chi connectivity index (χ4n) is 2.73. The number of nitriles is 1. The van der Waals surface area contributed by atoms with Crippen molar-refractivity contribution in [2.24, 2.45) is 5.92 Å². The molecule has 0 heterocycles. The van der Waals surface area contributed by atoms with E-state index in [2.05, 4.69) is 43.4 Å². The van der Waals surface area contributed by atoms with Crippen molar-refractivity contribution in [3.63, 3.8) is 0 Å². The Morgan fingerprint density at radius 2 is 1.76 bits per heavy atom. The maximum Gasteiger partial charge on any atom is 0.0677 e. The highest BCUT2D eigenvalue weighted by atomic mass is 14.9. The predicted octanol–water partition coefficient (Wildman–Crippen LogP) is 3.80. The summed E-state index contributed by atoms with van der Waals surface area (Å²) in [5.41, 5.74) is 3.71. The Bertz CT molecular complexity index is 411. The van der Waals surface area contributed by atoms with Crippen LogP contribution in [0, 0.1) is 31.1 Å².